The number of ether oxygens (including phenoxy) is 1. The van der Waals surface area contributed by atoms with Crippen molar-refractivity contribution in [2.75, 3.05) is 12.9 Å². The van der Waals surface area contributed by atoms with Gasteiger partial charge in [0.15, 0.2) is 0 Å². The number of thioether (sulfide) groups is 1. The Kier molecular flexibility index (Phi) is 4.65. The zero-order chi connectivity index (χ0) is 11.3. The van der Waals surface area contributed by atoms with Crippen LogP contribution in [0.2, 0.25) is 5.02 Å². The van der Waals surface area contributed by atoms with Crippen LogP contribution in [0.15, 0.2) is 23.1 Å². The maximum absolute atomic E-state index is 10.9. The lowest BCUT2D eigenvalue weighted by molar-refractivity contribution is -0.137. The van der Waals surface area contributed by atoms with Gasteiger partial charge in [0.1, 0.15) is 6.29 Å². The summed E-state index contributed by atoms with van der Waals surface area (Å²) in [6, 6.07) is 4.92. The molecule has 1 aromatic rings. The highest BCUT2D eigenvalue weighted by Gasteiger charge is 2.06. The van der Waals surface area contributed by atoms with E-state index >= 15 is 0 Å². The van der Waals surface area contributed by atoms with Gasteiger partial charge >= 0.3 is 5.97 Å². The molecule has 0 aliphatic rings. The molecule has 0 aromatic heterocycles. The number of halogens is 1. The average molecular weight is 245 g/mol. The molecule has 0 amide bonds. The van der Waals surface area contributed by atoms with Crippen LogP contribution in [0.1, 0.15) is 10.4 Å². The van der Waals surface area contributed by atoms with Gasteiger partial charge in [0, 0.05) is 10.5 Å². The molecule has 3 nitrogen and oxygen atoms in total. The summed E-state index contributed by atoms with van der Waals surface area (Å²) in [5.74, 6) is -0.105. The summed E-state index contributed by atoms with van der Waals surface area (Å²) in [7, 11) is 1.33. The highest BCUT2D eigenvalue weighted by Crippen LogP contribution is 2.27. The molecule has 0 spiro atoms. The first kappa shape index (κ1) is 12.1. The van der Waals surface area contributed by atoms with Crippen LogP contribution in [0, 0.1) is 0 Å². The van der Waals surface area contributed by atoms with E-state index in [1.807, 2.05) is 0 Å². The van der Waals surface area contributed by atoms with E-state index in [0.717, 1.165) is 11.2 Å². The van der Waals surface area contributed by atoms with Gasteiger partial charge in [-0.3, -0.25) is 9.59 Å². The first-order chi connectivity index (χ1) is 7.17. The van der Waals surface area contributed by atoms with Gasteiger partial charge < -0.3 is 4.74 Å². The van der Waals surface area contributed by atoms with E-state index in [2.05, 4.69) is 4.74 Å². The van der Waals surface area contributed by atoms with Crippen LogP contribution < -0.4 is 0 Å². The first-order valence-corrected chi connectivity index (χ1v) is 5.48. The highest BCUT2D eigenvalue weighted by molar-refractivity contribution is 8.00. The summed E-state index contributed by atoms with van der Waals surface area (Å²) in [5, 5.41) is 0.466. The van der Waals surface area contributed by atoms with Crippen LogP contribution in [0.4, 0.5) is 0 Å². The van der Waals surface area contributed by atoms with Crippen LogP contribution in [-0.4, -0.2) is 25.1 Å². The van der Waals surface area contributed by atoms with E-state index in [-0.39, 0.29) is 11.7 Å². The second-order valence-electron chi connectivity index (χ2n) is 2.67. The number of rotatable bonds is 4. The molecule has 1 aromatic carbocycles. The SMILES string of the molecule is COC(=O)CSc1ccc(C=O)cc1Cl. The minimum atomic E-state index is -0.310. The van der Waals surface area contributed by atoms with Crippen LogP contribution in [-0.2, 0) is 9.53 Å². The lowest BCUT2D eigenvalue weighted by atomic mass is 10.2. The summed E-state index contributed by atoms with van der Waals surface area (Å²) in [6.45, 7) is 0. The third kappa shape index (κ3) is 3.57. The Hall–Kier alpha value is -1.00. The van der Waals surface area contributed by atoms with Gasteiger partial charge in [-0.05, 0) is 12.1 Å². The molecule has 0 aliphatic carbocycles. The summed E-state index contributed by atoms with van der Waals surface area (Å²) in [5.41, 5.74) is 0.516. The van der Waals surface area contributed by atoms with Crippen molar-refractivity contribution in [1.82, 2.24) is 0 Å². The molecule has 0 radical (unpaired) electrons. The number of benzene rings is 1. The molecule has 5 heteroatoms. The first-order valence-electron chi connectivity index (χ1n) is 4.11. The van der Waals surface area contributed by atoms with Gasteiger partial charge in [0.2, 0.25) is 0 Å². The molecule has 80 valence electrons. The van der Waals surface area contributed by atoms with Gasteiger partial charge in [0.05, 0.1) is 17.9 Å². The van der Waals surface area contributed by atoms with E-state index in [0.29, 0.717) is 10.6 Å². The lowest BCUT2D eigenvalue weighted by Crippen LogP contribution is -2.02. The molecule has 15 heavy (non-hydrogen) atoms. The van der Waals surface area contributed by atoms with Crippen molar-refractivity contribution in [3.8, 4) is 0 Å². The molecule has 0 bridgehead atoms. The molecular formula is C10H9ClO3S. The number of hydrogen-bond acceptors (Lipinski definition) is 4. The van der Waals surface area contributed by atoms with Crippen molar-refractivity contribution >= 4 is 35.6 Å². The normalized spacial score (nSPS) is 9.73. The van der Waals surface area contributed by atoms with E-state index in [1.54, 1.807) is 18.2 Å². The molecule has 0 heterocycles. The molecule has 1 rings (SSSR count). The van der Waals surface area contributed by atoms with Crippen LogP contribution in [0.3, 0.4) is 0 Å². The zero-order valence-corrected chi connectivity index (χ0v) is 9.60. The third-order valence-electron chi connectivity index (χ3n) is 1.67. The maximum Gasteiger partial charge on any atom is 0.315 e. The molecule has 0 atom stereocenters. The fourth-order valence-electron chi connectivity index (χ4n) is 0.903. The number of methoxy groups -OCH3 is 1. The molecular weight excluding hydrogens is 236 g/mol. The fourth-order valence-corrected chi connectivity index (χ4v) is 2.01. The second kappa shape index (κ2) is 5.78. The Bertz CT molecular complexity index is 379. The van der Waals surface area contributed by atoms with E-state index in [9.17, 15) is 9.59 Å². The van der Waals surface area contributed by atoms with Gasteiger partial charge in [0.25, 0.3) is 0 Å². The van der Waals surface area contributed by atoms with Crippen LogP contribution in [0.25, 0.3) is 0 Å². The van der Waals surface area contributed by atoms with Gasteiger partial charge in [-0.2, -0.15) is 0 Å². The summed E-state index contributed by atoms with van der Waals surface area (Å²) >= 11 is 7.18. The van der Waals surface area contributed by atoms with Gasteiger partial charge in [-0.15, -0.1) is 11.8 Å². The number of carbonyl (C=O) groups is 2. The minimum absolute atomic E-state index is 0.205. The lowest BCUT2D eigenvalue weighted by Gasteiger charge is -2.03. The maximum atomic E-state index is 10.9. The Labute approximate surface area is 96.8 Å². The van der Waals surface area contributed by atoms with Crippen molar-refractivity contribution < 1.29 is 14.3 Å². The monoisotopic (exact) mass is 244 g/mol. The van der Waals surface area contributed by atoms with Gasteiger partial charge in [-0.25, -0.2) is 0 Å². The smallest absolute Gasteiger partial charge is 0.315 e. The summed E-state index contributed by atoms with van der Waals surface area (Å²) in [4.78, 5) is 22.1. The van der Waals surface area contributed by atoms with E-state index < -0.39 is 0 Å². The van der Waals surface area contributed by atoms with Crippen molar-refractivity contribution in [2.24, 2.45) is 0 Å². The molecule has 0 saturated carbocycles. The predicted octanol–water partition coefficient (Wildman–Crippen LogP) is 2.42. The standard InChI is InChI=1S/C10H9ClO3S/c1-14-10(13)6-15-9-3-2-7(5-12)4-8(9)11/h2-5H,6H2,1H3. The Morgan fingerprint density at radius 1 is 1.60 bits per heavy atom. The summed E-state index contributed by atoms with van der Waals surface area (Å²) in [6.07, 6.45) is 0.723. The molecule has 0 N–H and O–H groups in total. The minimum Gasteiger partial charge on any atom is -0.468 e. The van der Waals surface area contributed by atoms with Crippen LogP contribution in [0.5, 0.6) is 0 Å². The summed E-state index contributed by atoms with van der Waals surface area (Å²) < 4.78 is 4.50. The fraction of sp³-hybridized carbons (Fsp3) is 0.200. The third-order valence-corrected chi connectivity index (χ3v) is 3.14. The zero-order valence-electron chi connectivity index (χ0n) is 8.03. The van der Waals surface area contributed by atoms with Gasteiger partial charge in [-0.1, -0.05) is 17.7 Å². The molecule has 0 unspecified atom stereocenters. The quantitative estimate of drug-likeness (QED) is 0.464. The van der Waals surface area contributed by atoms with E-state index in [4.69, 9.17) is 11.6 Å². The van der Waals surface area contributed by atoms with Crippen molar-refractivity contribution in [3.05, 3.63) is 28.8 Å². The molecule has 0 fully saturated rings. The van der Waals surface area contributed by atoms with Crippen LogP contribution >= 0.6 is 23.4 Å². The van der Waals surface area contributed by atoms with Crippen molar-refractivity contribution in [2.45, 2.75) is 4.90 Å². The highest BCUT2D eigenvalue weighted by atomic mass is 35.5. The Morgan fingerprint density at radius 3 is 2.87 bits per heavy atom. The largest absolute Gasteiger partial charge is 0.468 e. The number of aldehydes is 1. The van der Waals surface area contributed by atoms with Crippen molar-refractivity contribution in [1.29, 1.82) is 0 Å². The predicted molar refractivity (Wildman–Crippen MR) is 59.6 cm³/mol. The number of hydrogen-bond donors (Lipinski definition) is 0. The average Bonchev–Trinajstić information content (AvgIpc) is 2.26. The van der Waals surface area contributed by atoms with Crippen molar-refractivity contribution in [3.63, 3.8) is 0 Å². The number of esters is 1. The Morgan fingerprint density at radius 2 is 2.33 bits per heavy atom. The molecule has 0 saturated heterocycles. The van der Waals surface area contributed by atoms with E-state index in [1.165, 1.54) is 18.9 Å². The Balaban J connectivity index is 2.70. The second-order valence-corrected chi connectivity index (χ2v) is 4.10. The number of carbonyl (C=O) groups excluding carboxylic acids is 2. The topological polar surface area (TPSA) is 43.4 Å². The molecule has 0 aliphatic heterocycles.